The van der Waals surface area contributed by atoms with Gasteiger partial charge in [0, 0.05) is 29.8 Å². The molecule has 2 amide bonds. The Hall–Kier alpha value is -4.15. The topological polar surface area (TPSA) is 133 Å². The van der Waals surface area contributed by atoms with Crippen molar-refractivity contribution in [2.24, 2.45) is 21.7 Å². The summed E-state index contributed by atoms with van der Waals surface area (Å²) in [6.07, 6.45) is 8.30. The number of carbonyl (C=O) groups excluding carboxylic acids is 1. The highest BCUT2D eigenvalue weighted by atomic mass is 16.4. The zero-order valence-corrected chi connectivity index (χ0v) is 18.8. The maximum atomic E-state index is 12.6. The molecule has 4 aliphatic heterocycles. The summed E-state index contributed by atoms with van der Waals surface area (Å²) in [6.45, 7) is 0. The third-order valence-electron chi connectivity index (χ3n) is 7.24. The van der Waals surface area contributed by atoms with Crippen molar-refractivity contribution in [3.8, 4) is 0 Å². The SMILES string of the molecule is N[N+]12C=CN=CC1=C(C1CC3CCC1N3C(=O)O)N=C2c1ccc(C(=O)Nc2ccccn2)cc1. The molecular weight excluding hydrogens is 446 g/mol. The Balaban J connectivity index is 1.30. The molecule has 2 bridgehead atoms. The number of nitrogens with zero attached hydrogens (tertiary/aromatic N) is 5. The number of carboxylic acid groups (broad SMARTS) is 1. The number of aromatic nitrogens is 1. The molecule has 4 atom stereocenters. The molecule has 6 rings (SSSR count). The van der Waals surface area contributed by atoms with E-state index in [4.69, 9.17) is 10.8 Å². The van der Waals surface area contributed by atoms with Gasteiger partial charge in [-0.15, -0.1) is 4.59 Å². The number of fused-ring (bicyclic) bond motifs is 3. The standard InChI is InChI=1S/C25H23N7O3/c26-32-12-11-27-14-20(32)22(18-13-17-8-9-19(18)31(17)25(34)35)30-23(32)15-4-6-16(7-5-15)24(33)29-21-3-1-2-10-28-21/h1-7,10-12,14,17-19H,8-9,13,26H2,(H-,28,29,33,34,35)/p+1. The van der Waals surface area contributed by atoms with Crippen LogP contribution in [0.5, 0.6) is 0 Å². The van der Waals surface area contributed by atoms with Crippen LogP contribution in [0.3, 0.4) is 0 Å². The fraction of sp³-hybridized carbons (Fsp3) is 0.240. The first-order valence-corrected chi connectivity index (χ1v) is 11.5. The minimum atomic E-state index is -0.877. The Morgan fingerprint density at radius 3 is 2.69 bits per heavy atom. The second-order valence-electron chi connectivity index (χ2n) is 9.14. The van der Waals surface area contributed by atoms with Crippen molar-refractivity contribution in [1.29, 1.82) is 0 Å². The number of amides is 2. The fourth-order valence-electron chi connectivity index (χ4n) is 5.66. The lowest BCUT2D eigenvalue weighted by Crippen LogP contribution is -2.53. The molecule has 2 aromatic rings. The number of quaternary nitrogens is 1. The predicted molar refractivity (Wildman–Crippen MR) is 129 cm³/mol. The van der Waals surface area contributed by atoms with Gasteiger partial charge in [0.1, 0.15) is 17.7 Å². The molecule has 2 fully saturated rings. The molecule has 1 aromatic carbocycles. The minimum Gasteiger partial charge on any atom is -0.465 e. The van der Waals surface area contributed by atoms with Crippen LogP contribution in [0.4, 0.5) is 10.6 Å². The van der Waals surface area contributed by atoms with Crippen LogP contribution in [0.25, 0.3) is 0 Å². The molecular formula is C25H24N7O3+. The van der Waals surface area contributed by atoms with Gasteiger partial charge >= 0.3 is 6.09 Å². The molecule has 1 aromatic heterocycles. The number of nitrogens with two attached hydrogens (primary N) is 1. The Morgan fingerprint density at radius 2 is 1.97 bits per heavy atom. The molecule has 2 saturated heterocycles. The van der Waals surface area contributed by atoms with Crippen molar-refractivity contribution in [3.63, 3.8) is 0 Å². The summed E-state index contributed by atoms with van der Waals surface area (Å²) in [6, 6.07) is 12.3. The highest BCUT2D eigenvalue weighted by molar-refractivity contribution is 6.05. The summed E-state index contributed by atoms with van der Waals surface area (Å²) >= 11 is 0. The van der Waals surface area contributed by atoms with Crippen molar-refractivity contribution in [1.82, 2.24) is 9.88 Å². The smallest absolute Gasteiger partial charge is 0.407 e. The Labute approximate surface area is 201 Å². The van der Waals surface area contributed by atoms with Gasteiger partial charge < -0.3 is 15.3 Å². The van der Waals surface area contributed by atoms with Crippen LogP contribution < -0.4 is 11.2 Å². The van der Waals surface area contributed by atoms with Gasteiger partial charge in [-0.2, -0.15) is 10.8 Å². The van der Waals surface area contributed by atoms with E-state index in [2.05, 4.69) is 15.3 Å². The number of pyridine rings is 1. The van der Waals surface area contributed by atoms with E-state index >= 15 is 0 Å². The maximum absolute atomic E-state index is 12.6. The molecule has 4 aliphatic rings. The van der Waals surface area contributed by atoms with Gasteiger partial charge in [0.15, 0.2) is 0 Å². The molecule has 0 aliphatic carbocycles. The van der Waals surface area contributed by atoms with Crippen LogP contribution in [0.2, 0.25) is 0 Å². The molecule has 0 radical (unpaired) electrons. The van der Waals surface area contributed by atoms with Crippen LogP contribution in [0.15, 0.2) is 82.4 Å². The molecule has 176 valence electrons. The lowest BCUT2D eigenvalue weighted by atomic mass is 9.86. The second-order valence-corrected chi connectivity index (χ2v) is 9.14. The molecule has 4 unspecified atom stereocenters. The van der Waals surface area contributed by atoms with E-state index in [1.54, 1.807) is 60.0 Å². The molecule has 35 heavy (non-hydrogen) atoms. The number of nitrogens with one attached hydrogen (secondary N) is 1. The van der Waals surface area contributed by atoms with E-state index in [0.717, 1.165) is 36.2 Å². The first kappa shape index (κ1) is 21.4. The van der Waals surface area contributed by atoms with Crippen LogP contribution in [0, 0.1) is 5.92 Å². The van der Waals surface area contributed by atoms with Crippen molar-refractivity contribution < 1.29 is 19.3 Å². The van der Waals surface area contributed by atoms with Gasteiger partial charge in [0.25, 0.3) is 11.7 Å². The van der Waals surface area contributed by atoms with Gasteiger partial charge in [-0.1, -0.05) is 6.07 Å². The quantitative estimate of drug-likeness (QED) is 0.466. The first-order valence-electron chi connectivity index (χ1n) is 11.5. The van der Waals surface area contributed by atoms with E-state index < -0.39 is 6.09 Å². The normalized spacial score (nSPS) is 28.3. The molecule has 4 N–H and O–H groups in total. The van der Waals surface area contributed by atoms with Crippen LogP contribution in [-0.4, -0.2) is 55.7 Å². The van der Waals surface area contributed by atoms with Crippen LogP contribution in [0.1, 0.15) is 35.2 Å². The van der Waals surface area contributed by atoms with Gasteiger partial charge in [0.05, 0.1) is 18.0 Å². The average Bonchev–Trinajstić information content (AvgIpc) is 3.54. The number of benzene rings is 1. The lowest BCUT2D eigenvalue weighted by Gasteiger charge is -2.27. The minimum absolute atomic E-state index is 0.0162. The zero-order chi connectivity index (χ0) is 24.2. The van der Waals surface area contributed by atoms with Crippen molar-refractivity contribution in [2.45, 2.75) is 31.3 Å². The molecule has 5 heterocycles. The largest absolute Gasteiger partial charge is 0.465 e. The van der Waals surface area contributed by atoms with Crippen molar-refractivity contribution >= 4 is 29.9 Å². The summed E-state index contributed by atoms with van der Waals surface area (Å²) < 4.78 is -0.140. The third-order valence-corrected chi connectivity index (χ3v) is 7.24. The number of allylic oxidation sites excluding steroid dienone is 1. The molecule has 10 heteroatoms. The Morgan fingerprint density at radius 1 is 1.14 bits per heavy atom. The number of carbonyl (C=O) groups is 2. The Bertz CT molecular complexity index is 1330. The van der Waals surface area contributed by atoms with E-state index in [-0.39, 0.29) is 28.5 Å². The number of amidine groups is 1. The second kappa shape index (κ2) is 7.97. The lowest BCUT2D eigenvalue weighted by molar-refractivity contribution is -0.750. The molecule has 0 spiro atoms. The number of anilines is 1. The van der Waals surface area contributed by atoms with Crippen molar-refractivity contribution in [3.05, 3.63) is 83.6 Å². The number of hydrogen-bond donors (Lipinski definition) is 3. The van der Waals surface area contributed by atoms with Gasteiger partial charge in [-0.25, -0.2) is 9.78 Å². The number of rotatable bonds is 4. The van der Waals surface area contributed by atoms with Crippen molar-refractivity contribution in [2.75, 3.05) is 5.32 Å². The Kier molecular flexibility index (Phi) is 4.87. The zero-order valence-electron chi connectivity index (χ0n) is 18.8. The summed E-state index contributed by atoms with van der Waals surface area (Å²) in [4.78, 5) is 39.4. The highest BCUT2D eigenvalue weighted by Crippen LogP contribution is 2.48. The van der Waals surface area contributed by atoms with E-state index in [0.29, 0.717) is 17.2 Å². The highest BCUT2D eigenvalue weighted by Gasteiger charge is 2.54. The first-order chi connectivity index (χ1) is 17.0. The number of hydrogen-bond acceptors (Lipinski definition) is 6. The summed E-state index contributed by atoms with van der Waals surface area (Å²) in [5, 5.41) is 12.5. The summed E-state index contributed by atoms with van der Waals surface area (Å²) in [7, 11) is 0. The van der Waals surface area contributed by atoms with E-state index in [1.807, 2.05) is 12.1 Å². The van der Waals surface area contributed by atoms with Gasteiger partial charge in [0.2, 0.25) is 5.70 Å². The van der Waals surface area contributed by atoms with Crippen LogP contribution in [-0.2, 0) is 0 Å². The molecule has 10 nitrogen and oxygen atoms in total. The van der Waals surface area contributed by atoms with E-state index in [9.17, 15) is 14.7 Å². The molecule has 0 saturated carbocycles. The summed E-state index contributed by atoms with van der Waals surface area (Å²) in [5.74, 6) is 7.64. The van der Waals surface area contributed by atoms with Gasteiger partial charge in [-0.3, -0.25) is 9.79 Å². The monoisotopic (exact) mass is 470 g/mol. The van der Waals surface area contributed by atoms with Gasteiger partial charge in [-0.05, 0) is 55.7 Å². The fourth-order valence-corrected chi connectivity index (χ4v) is 5.66. The van der Waals surface area contributed by atoms with E-state index in [1.165, 1.54) is 0 Å². The number of aliphatic imine (C=N–C) groups is 2. The predicted octanol–water partition coefficient (Wildman–Crippen LogP) is 3.08. The van der Waals surface area contributed by atoms with Crippen LogP contribution >= 0.6 is 0 Å². The average molecular weight is 471 g/mol. The maximum Gasteiger partial charge on any atom is 0.407 e. The third kappa shape index (κ3) is 3.37. The summed E-state index contributed by atoms with van der Waals surface area (Å²) in [5.41, 5.74) is 2.80.